The van der Waals surface area contributed by atoms with E-state index in [0.717, 1.165) is 6.42 Å². The van der Waals surface area contributed by atoms with Crippen molar-refractivity contribution in [3.63, 3.8) is 0 Å². The maximum Gasteiger partial charge on any atom is 0.135 e. The van der Waals surface area contributed by atoms with Crippen molar-refractivity contribution in [3.8, 4) is 0 Å². The molecule has 0 saturated carbocycles. The van der Waals surface area contributed by atoms with Crippen LogP contribution in [-0.2, 0) is 4.79 Å². The predicted molar refractivity (Wildman–Crippen MR) is 73.7 cm³/mol. The Bertz CT molecular complexity index is 387. The van der Waals surface area contributed by atoms with Crippen molar-refractivity contribution in [1.82, 2.24) is 0 Å². The van der Waals surface area contributed by atoms with Crippen molar-refractivity contribution >= 4 is 11.9 Å². The topological polar surface area (TPSA) is 17.1 Å². The van der Waals surface area contributed by atoms with E-state index < -0.39 is 0 Å². The Hall–Kier alpha value is -1.63. The van der Waals surface area contributed by atoms with Crippen molar-refractivity contribution in [2.24, 2.45) is 5.92 Å². The summed E-state index contributed by atoms with van der Waals surface area (Å²) in [6.45, 7) is 3.90. The van der Waals surface area contributed by atoms with Gasteiger partial charge in [0.2, 0.25) is 0 Å². The summed E-state index contributed by atoms with van der Waals surface area (Å²) in [5.41, 5.74) is 1.19. The standard InChI is InChI=1S/C16H20O/c1-3-16(17)14(2)10-6-4-7-11-15-12-8-5-9-13-15/h4-9,11-14H,3,10H2,1-2H3/b6-4+,11-7+/t14-/m0/s1. The summed E-state index contributed by atoms with van der Waals surface area (Å²) in [6, 6.07) is 10.2. The molecule has 1 atom stereocenters. The second kappa shape index (κ2) is 7.61. The van der Waals surface area contributed by atoms with E-state index in [-0.39, 0.29) is 5.92 Å². The molecule has 1 heteroatoms. The third kappa shape index (κ3) is 5.30. The molecule has 0 N–H and O–H groups in total. The van der Waals surface area contributed by atoms with Crippen molar-refractivity contribution in [3.05, 3.63) is 54.1 Å². The Labute approximate surface area is 104 Å². The first-order valence-electron chi connectivity index (χ1n) is 6.15. The molecule has 90 valence electrons. The number of carbonyl (C=O) groups is 1. The zero-order valence-electron chi connectivity index (χ0n) is 10.6. The van der Waals surface area contributed by atoms with Gasteiger partial charge in [-0.3, -0.25) is 4.79 Å². The Balaban J connectivity index is 2.36. The van der Waals surface area contributed by atoms with Crippen LogP contribution >= 0.6 is 0 Å². The number of allylic oxidation sites excluding steroid dienone is 3. The number of hydrogen-bond acceptors (Lipinski definition) is 1. The van der Waals surface area contributed by atoms with Crippen LogP contribution in [0.3, 0.4) is 0 Å². The first kappa shape index (κ1) is 13.4. The molecule has 0 aromatic heterocycles. The zero-order chi connectivity index (χ0) is 12.5. The van der Waals surface area contributed by atoms with Gasteiger partial charge in [-0.15, -0.1) is 0 Å². The molecule has 0 unspecified atom stereocenters. The van der Waals surface area contributed by atoms with E-state index in [9.17, 15) is 4.79 Å². The lowest BCUT2D eigenvalue weighted by Crippen LogP contribution is -2.07. The molecule has 1 nitrogen and oxygen atoms in total. The molecule has 0 radical (unpaired) electrons. The van der Waals surface area contributed by atoms with E-state index in [1.54, 1.807) is 0 Å². The number of carbonyl (C=O) groups excluding carboxylic acids is 1. The highest BCUT2D eigenvalue weighted by atomic mass is 16.1. The number of ketones is 1. The largest absolute Gasteiger partial charge is 0.299 e. The van der Waals surface area contributed by atoms with E-state index in [4.69, 9.17) is 0 Å². The molecule has 0 aliphatic heterocycles. The second-order valence-electron chi connectivity index (χ2n) is 4.15. The summed E-state index contributed by atoms with van der Waals surface area (Å²) < 4.78 is 0. The van der Waals surface area contributed by atoms with E-state index in [0.29, 0.717) is 12.2 Å². The first-order chi connectivity index (χ1) is 8.24. The van der Waals surface area contributed by atoms with Gasteiger partial charge in [0.15, 0.2) is 0 Å². The van der Waals surface area contributed by atoms with E-state index in [1.807, 2.05) is 44.2 Å². The summed E-state index contributed by atoms with van der Waals surface area (Å²) in [5, 5.41) is 0. The molecule has 0 aliphatic carbocycles. The first-order valence-corrected chi connectivity index (χ1v) is 6.15. The Morgan fingerprint density at radius 3 is 2.59 bits per heavy atom. The van der Waals surface area contributed by atoms with Crippen LogP contribution in [0.25, 0.3) is 6.08 Å². The number of hydrogen-bond donors (Lipinski definition) is 0. The summed E-state index contributed by atoms with van der Waals surface area (Å²) in [4.78, 5) is 11.3. The minimum absolute atomic E-state index is 0.140. The molecule has 0 heterocycles. The van der Waals surface area contributed by atoms with Crippen molar-refractivity contribution in [1.29, 1.82) is 0 Å². The minimum atomic E-state index is 0.140. The summed E-state index contributed by atoms with van der Waals surface area (Å²) in [7, 11) is 0. The summed E-state index contributed by atoms with van der Waals surface area (Å²) in [5.74, 6) is 0.475. The van der Waals surface area contributed by atoms with Gasteiger partial charge >= 0.3 is 0 Å². The molecule has 0 saturated heterocycles. The van der Waals surface area contributed by atoms with Crippen LogP contribution in [0.2, 0.25) is 0 Å². The number of rotatable bonds is 6. The highest BCUT2D eigenvalue weighted by Gasteiger charge is 2.07. The van der Waals surface area contributed by atoms with E-state index >= 15 is 0 Å². The van der Waals surface area contributed by atoms with Crippen LogP contribution in [0.5, 0.6) is 0 Å². The fourth-order valence-electron chi connectivity index (χ4n) is 1.57. The molecule has 0 fully saturated rings. The highest BCUT2D eigenvalue weighted by Crippen LogP contribution is 2.07. The van der Waals surface area contributed by atoms with Crippen LogP contribution in [0.4, 0.5) is 0 Å². The molecule has 1 aromatic rings. The normalized spacial score (nSPS) is 13.3. The SMILES string of the molecule is CCC(=O)[C@@H](C)C/C=C/C=C/c1ccccc1. The molecule has 0 spiro atoms. The van der Waals surface area contributed by atoms with Crippen LogP contribution in [0, 0.1) is 5.92 Å². The van der Waals surface area contributed by atoms with E-state index in [1.165, 1.54) is 5.56 Å². The average molecular weight is 228 g/mol. The molecule has 0 aliphatic rings. The number of Topliss-reactive ketones (excluding diaryl/α,β-unsaturated/α-hetero) is 1. The number of benzene rings is 1. The van der Waals surface area contributed by atoms with Gasteiger partial charge in [0, 0.05) is 12.3 Å². The monoisotopic (exact) mass is 228 g/mol. The Morgan fingerprint density at radius 2 is 1.94 bits per heavy atom. The molecule has 0 amide bonds. The molecule has 1 aromatic carbocycles. The quantitative estimate of drug-likeness (QED) is 0.665. The van der Waals surface area contributed by atoms with Gasteiger partial charge in [0.1, 0.15) is 5.78 Å². The third-order valence-electron chi connectivity index (χ3n) is 2.72. The van der Waals surface area contributed by atoms with Crippen LogP contribution < -0.4 is 0 Å². The lowest BCUT2D eigenvalue weighted by molar-refractivity contribution is -0.121. The van der Waals surface area contributed by atoms with Crippen LogP contribution in [0.1, 0.15) is 32.3 Å². The predicted octanol–water partition coefficient (Wildman–Crippen LogP) is 4.26. The minimum Gasteiger partial charge on any atom is -0.299 e. The van der Waals surface area contributed by atoms with Crippen molar-refractivity contribution < 1.29 is 4.79 Å². The summed E-state index contributed by atoms with van der Waals surface area (Å²) >= 11 is 0. The van der Waals surface area contributed by atoms with Crippen LogP contribution in [0.15, 0.2) is 48.6 Å². The molecule has 0 bridgehead atoms. The third-order valence-corrected chi connectivity index (χ3v) is 2.72. The fraction of sp³-hybridized carbons (Fsp3) is 0.312. The molecule has 1 rings (SSSR count). The van der Waals surface area contributed by atoms with Gasteiger partial charge in [-0.25, -0.2) is 0 Å². The summed E-state index contributed by atoms with van der Waals surface area (Å²) in [6.07, 6.45) is 9.59. The lowest BCUT2D eigenvalue weighted by atomic mass is 10.0. The molecular formula is C16H20O. The highest BCUT2D eigenvalue weighted by molar-refractivity contribution is 5.80. The maximum absolute atomic E-state index is 11.3. The second-order valence-corrected chi connectivity index (χ2v) is 4.15. The van der Waals surface area contributed by atoms with Gasteiger partial charge in [0.25, 0.3) is 0 Å². The van der Waals surface area contributed by atoms with Gasteiger partial charge < -0.3 is 0 Å². The van der Waals surface area contributed by atoms with Crippen LogP contribution in [-0.4, -0.2) is 5.78 Å². The van der Waals surface area contributed by atoms with Gasteiger partial charge in [-0.2, -0.15) is 0 Å². The van der Waals surface area contributed by atoms with Crippen molar-refractivity contribution in [2.45, 2.75) is 26.7 Å². The molecular weight excluding hydrogens is 208 g/mol. The van der Waals surface area contributed by atoms with Gasteiger partial charge in [-0.1, -0.05) is 68.5 Å². The fourth-order valence-corrected chi connectivity index (χ4v) is 1.57. The van der Waals surface area contributed by atoms with E-state index in [2.05, 4.69) is 24.3 Å². The average Bonchev–Trinajstić information content (AvgIpc) is 2.38. The molecule has 17 heavy (non-hydrogen) atoms. The van der Waals surface area contributed by atoms with Crippen molar-refractivity contribution in [2.75, 3.05) is 0 Å². The smallest absolute Gasteiger partial charge is 0.135 e. The lowest BCUT2D eigenvalue weighted by Gasteiger charge is -2.03. The maximum atomic E-state index is 11.3. The zero-order valence-corrected chi connectivity index (χ0v) is 10.6. The van der Waals surface area contributed by atoms with Gasteiger partial charge in [0.05, 0.1) is 0 Å². The Kier molecular flexibility index (Phi) is 6.02. The van der Waals surface area contributed by atoms with Gasteiger partial charge in [-0.05, 0) is 12.0 Å². The Morgan fingerprint density at radius 1 is 1.24 bits per heavy atom.